The van der Waals surface area contributed by atoms with E-state index in [2.05, 4.69) is 17.3 Å². The third-order valence-corrected chi connectivity index (χ3v) is 5.87. The van der Waals surface area contributed by atoms with E-state index < -0.39 is 5.91 Å². The van der Waals surface area contributed by atoms with Gasteiger partial charge >= 0.3 is 0 Å². The molecule has 1 heterocycles. The number of para-hydroxylation sites is 1. The molecule has 0 aliphatic heterocycles. The van der Waals surface area contributed by atoms with Crippen LogP contribution in [-0.4, -0.2) is 39.9 Å². The van der Waals surface area contributed by atoms with E-state index in [1.807, 2.05) is 6.07 Å². The van der Waals surface area contributed by atoms with E-state index in [4.69, 9.17) is 0 Å². The topological polar surface area (TPSA) is 84.3 Å². The minimum atomic E-state index is -0.425. The van der Waals surface area contributed by atoms with Crippen molar-refractivity contribution in [1.29, 1.82) is 0 Å². The number of hydrogen-bond acceptors (Lipinski definition) is 5. The summed E-state index contributed by atoms with van der Waals surface area (Å²) in [7, 11) is 3.35. The molecular weight excluding hydrogens is 412 g/mol. The standard InChI is InChI=1S/C23H26N4O3S/c1-4-5-10-15-27-22(29)17-12-7-6-11-16(17)20(25-27)21(28)24-18-13-8-9-14-19(18)31-23(30)26(2)3/h6-9,11-14H,4-5,10,15H2,1-3H3,(H,24,28). The number of nitrogens with zero attached hydrogens (tertiary/aromatic N) is 3. The first-order valence-electron chi connectivity index (χ1n) is 10.2. The summed E-state index contributed by atoms with van der Waals surface area (Å²) in [5.74, 6) is -0.425. The van der Waals surface area contributed by atoms with Crippen LogP contribution in [0.3, 0.4) is 0 Å². The Hall–Kier alpha value is -3.13. The van der Waals surface area contributed by atoms with Crippen molar-refractivity contribution < 1.29 is 9.59 Å². The van der Waals surface area contributed by atoms with Crippen molar-refractivity contribution in [2.24, 2.45) is 0 Å². The zero-order valence-electron chi connectivity index (χ0n) is 17.9. The van der Waals surface area contributed by atoms with Gasteiger partial charge in [-0.3, -0.25) is 14.4 Å². The number of amides is 2. The fraction of sp³-hybridized carbons (Fsp3) is 0.304. The second kappa shape index (κ2) is 10.3. The van der Waals surface area contributed by atoms with Gasteiger partial charge in [-0.2, -0.15) is 5.10 Å². The van der Waals surface area contributed by atoms with E-state index in [0.29, 0.717) is 27.9 Å². The van der Waals surface area contributed by atoms with Crippen LogP contribution in [0.1, 0.15) is 36.7 Å². The number of carbonyl (C=O) groups excluding carboxylic acids is 2. The molecule has 0 unspecified atom stereocenters. The van der Waals surface area contributed by atoms with Crippen molar-refractivity contribution in [1.82, 2.24) is 14.7 Å². The summed E-state index contributed by atoms with van der Waals surface area (Å²) in [5.41, 5.74) is 0.503. The van der Waals surface area contributed by atoms with Crippen LogP contribution in [0.2, 0.25) is 0 Å². The Kier molecular flexibility index (Phi) is 7.46. The summed E-state index contributed by atoms with van der Waals surface area (Å²) in [4.78, 5) is 40.3. The fourth-order valence-electron chi connectivity index (χ4n) is 3.09. The first-order valence-corrected chi connectivity index (χ1v) is 11.0. The monoisotopic (exact) mass is 438 g/mol. The summed E-state index contributed by atoms with van der Waals surface area (Å²) in [6.07, 6.45) is 2.82. The lowest BCUT2D eigenvalue weighted by molar-refractivity contribution is 0.102. The fourth-order valence-corrected chi connectivity index (χ4v) is 3.84. The predicted octanol–water partition coefficient (Wildman–Crippen LogP) is 4.61. The molecule has 0 fully saturated rings. The van der Waals surface area contributed by atoms with Crippen LogP contribution < -0.4 is 10.9 Å². The highest BCUT2D eigenvalue weighted by Gasteiger charge is 2.19. The molecular formula is C23H26N4O3S. The molecule has 1 N–H and O–H groups in total. The van der Waals surface area contributed by atoms with Gasteiger partial charge in [-0.1, -0.05) is 50.1 Å². The number of hydrogen-bond donors (Lipinski definition) is 1. The molecule has 7 nitrogen and oxygen atoms in total. The maximum atomic E-state index is 13.2. The number of thioether (sulfide) groups is 1. The van der Waals surface area contributed by atoms with Crippen LogP contribution in [0.25, 0.3) is 10.8 Å². The first-order chi connectivity index (χ1) is 14.9. The lowest BCUT2D eigenvalue weighted by Gasteiger charge is -2.14. The molecule has 2 amide bonds. The van der Waals surface area contributed by atoms with Gasteiger partial charge in [0.15, 0.2) is 5.69 Å². The number of anilines is 1. The van der Waals surface area contributed by atoms with Gasteiger partial charge in [0.2, 0.25) is 0 Å². The molecule has 0 atom stereocenters. The second-order valence-corrected chi connectivity index (χ2v) is 8.34. The molecule has 8 heteroatoms. The van der Waals surface area contributed by atoms with Gasteiger partial charge < -0.3 is 10.2 Å². The second-order valence-electron chi connectivity index (χ2n) is 7.34. The van der Waals surface area contributed by atoms with Crippen molar-refractivity contribution >= 4 is 39.4 Å². The maximum Gasteiger partial charge on any atom is 0.286 e. The molecule has 3 aromatic rings. The molecule has 1 aromatic heterocycles. The first kappa shape index (κ1) is 22.6. The summed E-state index contributed by atoms with van der Waals surface area (Å²) in [6.45, 7) is 2.55. The summed E-state index contributed by atoms with van der Waals surface area (Å²) < 4.78 is 1.38. The Morgan fingerprint density at radius 1 is 1.03 bits per heavy atom. The van der Waals surface area contributed by atoms with Gasteiger partial charge in [0.1, 0.15) is 0 Å². The van der Waals surface area contributed by atoms with Gasteiger partial charge in [0.05, 0.1) is 11.1 Å². The predicted molar refractivity (Wildman–Crippen MR) is 125 cm³/mol. The largest absolute Gasteiger partial charge is 0.339 e. The summed E-state index contributed by atoms with van der Waals surface area (Å²) >= 11 is 1.03. The Morgan fingerprint density at radius 2 is 1.71 bits per heavy atom. The normalized spacial score (nSPS) is 10.8. The zero-order valence-corrected chi connectivity index (χ0v) is 18.7. The van der Waals surface area contributed by atoms with Crippen molar-refractivity contribution in [3.63, 3.8) is 0 Å². The van der Waals surface area contributed by atoms with Gasteiger partial charge in [-0.15, -0.1) is 0 Å². The summed E-state index contributed by atoms with van der Waals surface area (Å²) in [5, 5.41) is 8.09. The highest BCUT2D eigenvalue weighted by Crippen LogP contribution is 2.29. The molecule has 0 saturated carbocycles. The molecule has 0 aliphatic rings. The Balaban J connectivity index is 1.97. The molecule has 162 valence electrons. The minimum Gasteiger partial charge on any atom is -0.339 e. The SMILES string of the molecule is CCCCCn1nc(C(=O)Nc2ccccc2SC(=O)N(C)C)c2ccccc2c1=O. The molecule has 0 aliphatic carbocycles. The highest BCUT2D eigenvalue weighted by molar-refractivity contribution is 8.13. The van der Waals surface area contributed by atoms with E-state index in [1.54, 1.807) is 56.6 Å². The quantitative estimate of drug-likeness (QED) is 0.430. The van der Waals surface area contributed by atoms with Crippen LogP contribution in [0, 0.1) is 0 Å². The lowest BCUT2D eigenvalue weighted by Crippen LogP contribution is -2.28. The van der Waals surface area contributed by atoms with Crippen LogP contribution in [0.5, 0.6) is 0 Å². The third-order valence-electron chi connectivity index (χ3n) is 4.75. The number of benzene rings is 2. The third kappa shape index (κ3) is 5.32. The number of fused-ring (bicyclic) bond motifs is 1. The van der Waals surface area contributed by atoms with E-state index in [1.165, 1.54) is 9.58 Å². The summed E-state index contributed by atoms with van der Waals surface area (Å²) in [6, 6.07) is 14.1. The van der Waals surface area contributed by atoms with Gasteiger partial charge in [0.25, 0.3) is 16.7 Å². The van der Waals surface area contributed by atoms with Crippen molar-refractivity contribution in [2.45, 2.75) is 37.6 Å². The van der Waals surface area contributed by atoms with Crippen LogP contribution >= 0.6 is 11.8 Å². The van der Waals surface area contributed by atoms with Gasteiger partial charge in [-0.05, 0) is 36.4 Å². The van der Waals surface area contributed by atoms with Crippen molar-refractivity contribution in [2.75, 3.05) is 19.4 Å². The zero-order chi connectivity index (χ0) is 22.4. The number of unbranched alkanes of at least 4 members (excludes halogenated alkanes) is 2. The van der Waals surface area contributed by atoms with Crippen LogP contribution in [0.15, 0.2) is 58.2 Å². The lowest BCUT2D eigenvalue weighted by atomic mass is 10.1. The smallest absolute Gasteiger partial charge is 0.286 e. The molecule has 2 aromatic carbocycles. The van der Waals surface area contributed by atoms with E-state index in [0.717, 1.165) is 31.0 Å². The van der Waals surface area contributed by atoms with E-state index in [9.17, 15) is 14.4 Å². The van der Waals surface area contributed by atoms with E-state index in [-0.39, 0.29) is 16.5 Å². The maximum absolute atomic E-state index is 13.2. The molecule has 0 bridgehead atoms. The average molecular weight is 439 g/mol. The van der Waals surface area contributed by atoms with Gasteiger partial charge in [0, 0.05) is 30.9 Å². The molecule has 31 heavy (non-hydrogen) atoms. The van der Waals surface area contributed by atoms with E-state index >= 15 is 0 Å². The molecule has 0 saturated heterocycles. The minimum absolute atomic E-state index is 0.144. The van der Waals surface area contributed by atoms with Crippen molar-refractivity contribution in [3.8, 4) is 0 Å². The molecule has 0 spiro atoms. The Labute approximate surface area is 185 Å². The number of aromatic nitrogens is 2. The number of rotatable bonds is 7. The number of carbonyl (C=O) groups is 2. The number of nitrogens with one attached hydrogen (secondary N) is 1. The van der Waals surface area contributed by atoms with Crippen LogP contribution in [-0.2, 0) is 6.54 Å². The van der Waals surface area contributed by atoms with Crippen molar-refractivity contribution in [3.05, 3.63) is 64.6 Å². The molecule has 3 rings (SSSR count). The number of aryl methyl sites for hydroxylation is 1. The van der Waals surface area contributed by atoms with Gasteiger partial charge in [-0.25, -0.2) is 4.68 Å². The van der Waals surface area contributed by atoms with Crippen LogP contribution in [0.4, 0.5) is 10.5 Å². The molecule has 0 radical (unpaired) electrons. The Morgan fingerprint density at radius 3 is 2.42 bits per heavy atom. The Bertz CT molecular complexity index is 1160. The average Bonchev–Trinajstić information content (AvgIpc) is 2.76. The highest BCUT2D eigenvalue weighted by atomic mass is 32.2.